The van der Waals surface area contributed by atoms with Gasteiger partial charge in [0.25, 0.3) is 5.91 Å². The van der Waals surface area contributed by atoms with E-state index in [4.69, 9.17) is 9.84 Å². The smallest absolute Gasteiger partial charge is 0.253 e. The highest BCUT2D eigenvalue weighted by molar-refractivity contribution is 5.94. The van der Waals surface area contributed by atoms with E-state index in [0.29, 0.717) is 18.1 Å². The number of piperidine rings is 1. The van der Waals surface area contributed by atoms with Gasteiger partial charge in [0.1, 0.15) is 5.75 Å². The fourth-order valence-electron chi connectivity index (χ4n) is 2.55. The minimum absolute atomic E-state index is 0.0577. The third-order valence-electron chi connectivity index (χ3n) is 3.89. The normalized spacial score (nSPS) is 16.2. The summed E-state index contributed by atoms with van der Waals surface area (Å²) in [6, 6.07) is 5.62. The Morgan fingerprint density at radius 1 is 1.40 bits per heavy atom. The Bertz CT molecular complexity index is 465. The molecule has 0 aliphatic carbocycles. The Morgan fingerprint density at radius 3 is 2.70 bits per heavy atom. The highest BCUT2D eigenvalue weighted by Crippen LogP contribution is 2.23. The zero-order valence-electron chi connectivity index (χ0n) is 12.3. The molecule has 2 rings (SSSR count). The Morgan fingerprint density at radius 2 is 2.10 bits per heavy atom. The summed E-state index contributed by atoms with van der Waals surface area (Å²) in [5.74, 6) is 1.18. The molecular formula is C16H23NO3. The molecule has 0 unspecified atom stereocenters. The predicted molar refractivity (Wildman–Crippen MR) is 78.1 cm³/mol. The molecule has 1 saturated heterocycles. The van der Waals surface area contributed by atoms with Crippen molar-refractivity contribution < 1.29 is 14.6 Å². The van der Waals surface area contributed by atoms with Gasteiger partial charge in [0.05, 0.1) is 6.61 Å². The van der Waals surface area contributed by atoms with Crippen molar-refractivity contribution >= 4 is 5.91 Å². The van der Waals surface area contributed by atoms with E-state index in [9.17, 15) is 4.79 Å². The van der Waals surface area contributed by atoms with Crippen LogP contribution in [0.4, 0.5) is 0 Å². The second-order valence-corrected chi connectivity index (χ2v) is 5.33. The molecule has 1 fully saturated rings. The number of nitrogens with zero attached hydrogens (tertiary/aromatic N) is 1. The number of carbonyl (C=O) groups excluding carboxylic acids is 1. The number of carbonyl (C=O) groups is 1. The molecule has 0 saturated carbocycles. The first-order chi connectivity index (χ1) is 9.65. The lowest BCUT2D eigenvalue weighted by atomic mass is 9.97. The van der Waals surface area contributed by atoms with Crippen LogP contribution in [-0.2, 0) is 0 Å². The summed E-state index contributed by atoms with van der Waals surface area (Å²) in [4.78, 5) is 14.3. The molecule has 1 aliphatic heterocycles. The van der Waals surface area contributed by atoms with Gasteiger partial charge in [-0.15, -0.1) is 0 Å². The fourth-order valence-corrected chi connectivity index (χ4v) is 2.55. The molecule has 0 bridgehead atoms. The predicted octanol–water partition coefficient (Wildman–Crippen LogP) is 2.24. The first-order valence-electron chi connectivity index (χ1n) is 7.29. The number of likely N-dealkylation sites (tertiary alicyclic amines) is 1. The molecule has 0 spiro atoms. The van der Waals surface area contributed by atoms with E-state index in [0.717, 1.165) is 37.2 Å². The molecule has 0 atom stereocenters. The first-order valence-corrected chi connectivity index (χ1v) is 7.29. The van der Waals surface area contributed by atoms with Gasteiger partial charge in [-0.2, -0.15) is 0 Å². The molecule has 4 heteroatoms. The molecule has 1 aliphatic rings. The van der Waals surface area contributed by atoms with Crippen LogP contribution in [0.25, 0.3) is 0 Å². The Hall–Kier alpha value is -1.55. The van der Waals surface area contributed by atoms with Gasteiger partial charge in [0, 0.05) is 25.3 Å². The highest BCUT2D eigenvalue weighted by Gasteiger charge is 2.23. The largest absolute Gasteiger partial charge is 0.494 e. The van der Waals surface area contributed by atoms with E-state index in [1.165, 1.54) is 0 Å². The molecule has 4 nitrogen and oxygen atoms in total. The summed E-state index contributed by atoms with van der Waals surface area (Å²) < 4.78 is 5.55. The van der Waals surface area contributed by atoms with Crippen molar-refractivity contribution in [3.8, 4) is 5.75 Å². The van der Waals surface area contributed by atoms with Crippen LogP contribution in [0.2, 0.25) is 0 Å². The van der Waals surface area contributed by atoms with Crippen LogP contribution in [0.15, 0.2) is 18.2 Å². The van der Waals surface area contributed by atoms with Crippen molar-refractivity contribution in [3.05, 3.63) is 29.3 Å². The zero-order valence-corrected chi connectivity index (χ0v) is 12.3. The van der Waals surface area contributed by atoms with Crippen LogP contribution in [0.3, 0.4) is 0 Å². The van der Waals surface area contributed by atoms with E-state index in [1.54, 1.807) is 0 Å². The third kappa shape index (κ3) is 3.31. The molecule has 1 N–H and O–H groups in total. The summed E-state index contributed by atoms with van der Waals surface area (Å²) in [6.07, 6.45) is 1.76. The van der Waals surface area contributed by atoms with Crippen molar-refractivity contribution in [2.75, 3.05) is 26.3 Å². The molecule has 0 radical (unpaired) electrons. The van der Waals surface area contributed by atoms with E-state index < -0.39 is 0 Å². The minimum atomic E-state index is 0.0577. The van der Waals surface area contributed by atoms with Crippen molar-refractivity contribution in [1.29, 1.82) is 0 Å². The van der Waals surface area contributed by atoms with Gasteiger partial charge < -0.3 is 14.7 Å². The summed E-state index contributed by atoms with van der Waals surface area (Å²) in [5.41, 5.74) is 1.73. The zero-order chi connectivity index (χ0) is 14.5. The molecule has 1 amide bonds. The summed E-state index contributed by atoms with van der Waals surface area (Å²) in [5, 5.41) is 9.14. The standard InChI is InChI=1S/C16H23NO3/c1-3-20-15-10-14(5-4-12(15)2)16(19)17-8-6-13(11-18)7-9-17/h4-5,10,13,18H,3,6-9,11H2,1-2H3. The van der Waals surface area contributed by atoms with E-state index >= 15 is 0 Å². The van der Waals surface area contributed by atoms with Gasteiger partial charge in [-0.05, 0) is 50.3 Å². The van der Waals surface area contributed by atoms with Gasteiger partial charge in [0.15, 0.2) is 0 Å². The maximum atomic E-state index is 12.5. The molecule has 1 aromatic carbocycles. The third-order valence-corrected chi connectivity index (χ3v) is 3.89. The minimum Gasteiger partial charge on any atom is -0.494 e. The van der Waals surface area contributed by atoms with Gasteiger partial charge in [-0.25, -0.2) is 0 Å². The fraction of sp³-hybridized carbons (Fsp3) is 0.562. The summed E-state index contributed by atoms with van der Waals surface area (Å²) >= 11 is 0. The van der Waals surface area contributed by atoms with Crippen molar-refractivity contribution in [2.24, 2.45) is 5.92 Å². The number of aliphatic hydroxyl groups is 1. The van der Waals surface area contributed by atoms with Gasteiger partial charge >= 0.3 is 0 Å². The molecule has 1 heterocycles. The molecule has 110 valence electrons. The second-order valence-electron chi connectivity index (χ2n) is 5.33. The molecule has 20 heavy (non-hydrogen) atoms. The Balaban J connectivity index is 2.07. The number of aliphatic hydroxyl groups excluding tert-OH is 1. The monoisotopic (exact) mass is 277 g/mol. The lowest BCUT2D eigenvalue weighted by Crippen LogP contribution is -2.39. The topological polar surface area (TPSA) is 49.8 Å². The lowest BCUT2D eigenvalue weighted by molar-refractivity contribution is 0.0650. The number of hydrogen-bond acceptors (Lipinski definition) is 3. The van der Waals surface area contributed by atoms with Crippen molar-refractivity contribution in [1.82, 2.24) is 4.90 Å². The van der Waals surface area contributed by atoms with Gasteiger partial charge in [-0.3, -0.25) is 4.79 Å². The molecular weight excluding hydrogens is 254 g/mol. The van der Waals surface area contributed by atoms with Crippen LogP contribution in [-0.4, -0.2) is 42.2 Å². The van der Waals surface area contributed by atoms with Gasteiger partial charge in [0.2, 0.25) is 0 Å². The maximum Gasteiger partial charge on any atom is 0.253 e. The average Bonchev–Trinajstić information content (AvgIpc) is 2.49. The Kier molecular flexibility index (Phi) is 5.01. The SMILES string of the molecule is CCOc1cc(C(=O)N2CCC(CO)CC2)ccc1C. The van der Waals surface area contributed by atoms with E-state index in [1.807, 2.05) is 36.9 Å². The maximum absolute atomic E-state index is 12.5. The van der Waals surface area contributed by atoms with Gasteiger partial charge in [-0.1, -0.05) is 6.07 Å². The highest BCUT2D eigenvalue weighted by atomic mass is 16.5. The molecule has 0 aromatic heterocycles. The van der Waals surface area contributed by atoms with Crippen LogP contribution in [0.1, 0.15) is 35.7 Å². The van der Waals surface area contributed by atoms with Crippen LogP contribution < -0.4 is 4.74 Å². The second kappa shape index (κ2) is 6.75. The average molecular weight is 277 g/mol. The Labute approximate surface area is 120 Å². The van der Waals surface area contributed by atoms with Crippen LogP contribution >= 0.6 is 0 Å². The molecule has 1 aromatic rings. The van der Waals surface area contributed by atoms with Crippen molar-refractivity contribution in [3.63, 3.8) is 0 Å². The lowest BCUT2D eigenvalue weighted by Gasteiger charge is -2.31. The first kappa shape index (κ1) is 14.9. The quantitative estimate of drug-likeness (QED) is 0.918. The number of benzene rings is 1. The van der Waals surface area contributed by atoms with Crippen LogP contribution in [0, 0.1) is 12.8 Å². The number of ether oxygens (including phenoxy) is 1. The van der Waals surface area contributed by atoms with E-state index in [-0.39, 0.29) is 12.5 Å². The van der Waals surface area contributed by atoms with Crippen LogP contribution in [0.5, 0.6) is 5.75 Å². The van der Waals surface area contributed by atoms with E-state index in [2.05, 4.69) is 0 Å². The van der Waals surface area contributed by atoms with Crippen molar-refractivity contribution in [2.45, 2.75) is 26.7 Å². The number of hydrogen-bond donors (Lipinski definition) is 1. The summed E-state index contributed by atoms with van der Waals surface area (Å²) in [7, 11) is 0. The number of rotatable bonds is 4. The number of aryl methyl sites for hydroxylation is 1. The summed E-state index contributed by atoms with van der Waals surface area (Å²) in [6.45, 7) is 6.19. The number of amides is 1.